The number of nitrogens with one attached hydrogen (secondary N) is 1. The smallest absolute Gasteiger partial charge is 0.326 e. The molecule has 0 spiro atoms. The van der Waals surface area contributed by atoms with E-state index in [0.29, 0.717) is 11.4 Å². The minimum atomic E-state index is -1.20. The second-order valence-electron chi connectivity index (χ2n) is 4.32. The maximum atomic E-state index is 10.9. The average Bonchev–Trinajstić information content (AvgIpc) is 2.29. The van der Waals surface area contributed by atoms with Gasteiger partial charge in [0.25, 0.3) is 0 Å². The van der Waals surface area contributed by atoms with Gasteiger partial charge in [0.15, 0.2) is 0 Å². The van der Waals surface area contributed by atoms with Gasteiger partial charge in [-0.3, -0.25) is 4.79 Å². The van der Waals surface area contributed by atoms with Crippen molar-refractivity contribution in [2.24, 2.45) is 0 Å². The number of rotatable bonds is 7. The normalized spacial score (nSPS) is 11.9. The lowest BCUT2D eigenvalue weighted by Crippen LogP contribution is -2.31. The first-order chi connectivity index (χ1) is 8.88. The van der Waals surface area contributed by atoms with Crippen LogP contribution in [0.2, 0.25) is 0 Å². The monoisotopic (exact) mass is 267 g/mol. The molecule has 1 rings (SSSR count). The first-order valence-electron chi connectivity index (χ1n) is 5.86. The largest absolute Gasteiger partial charge is 0.491 e. The first-order valence-corrected chi connectivity index (χ1v) is 5.86. The summed E-state index contributed by atoms with van der Waals surface area (Å²) in [6, 6.07) is 5.53. The zero-order valence-corrected chi connectivity index (χ0v) is 10.8. The lowest BCUT2D eigenvalue weighted by Gasteiger charge is -2.15. The van der Waals surface area contributed by atoms with Gasteiger partial charge in [-0.2, -0.15) is 0 Å². The molecule has 0 bridgehead atoms. The Kier molecular flexibility index (Phi) is 5.17. The summed E-state index contributed by atoms with van der Waals surface area (Å²) in [6.45, 7) is 3.80. The van der Waals surface area contributed by atoms with Crippen LogP contribution in [0.25, 0.3) is 0 Å². The topological polar surface area (TPSA) is 95.9 Å². The first kappa shape index (κ1) is 14.8. The van der Waals surface area contributed by atoms with Crippen LogP contribution in [0.4, 0.5) is 5.69 Å². The van der Waals surface area contributed by atoms with Crippen molar-refractivity contribution in [1.82, 2.24) is 0 Å². The van der Waals surface area contributed by atoms with E-state index >= 15 is 0 Å². The molecule has 1 aromatic carbocycles. The van der Waals surface area contributed by atoms with E-state index in [-0.39, 0.29) is 6.10 Å². The third kappa shape index (κ3) is 5.29. The molecule has 1 unspecified atom stereocenters. The van der Waals surface area contributed by atoms with Crippen LogP contribution >= 0.6 is 0 Å². The van der Waals surface area contributed by atoms with E-state index in [1.807, 2.05) is 13.8 Å². The Balaban J connectivity index is 2.69. The molecule has 0 fully saturated rings. The fourth-order valence-electron chi connectivity index (χ4n) is 1.48. The summed E-state index contributed by atoms with van der Waals surface area (Å²) in [4.78, 5) is 21.5. The van der Waals surface area contributed by atoms with Crippen LogP contribution in [-0.4, -0.2) is 34.3 Å². The molecule has 0 aliphatic rings. The molecule has 6 heteroatoms. The molecule has 0 saturated carbocycles. The van der Waals surface area contributed by atoms with Crippen molar-refractivity contribution >= 4 is 17.6 Å². The van der Waals surface area contributed by atoms with Gasteiger partial charge in [-0.15, -0.1) is 0 Å². The van der Waals surface area contributed by atoms with Gasteiger partial charge < -0.3 is 20.3 Å². The summed E-state index contributed by atoms with van der Waals surface area (Å²) >= 11 is 0. The Labute approximate surface area is 111 Å². The second kappa shape index (κ2) is 6.63. The summed E-state index contributed by atoms with van der Waals surface area (Å²) in [6.07, 6.45) is -0.433. The van der Waals surface area contributed by atoms with Gasteiger partial charge in [-0.05, 0) is 38.1 Å². The van der Waals surface area contributed by atoms with Crippen LogP contribution in [0.3, 0.4) is 0 Å². The zero-order valence-electron chi connectivity index (χ0n) is 10.8. The lowest BCUT2D eigenvalue weighted by atomic mass is 10.2. The molecule has 3 N–H and O–H groups in total. The maximum Gasteiger partial charge on any atom is 0.326 e. The van der Waals surface area contributed by atoms with Gasteiger partial charge in [0.2, 0.25) is 0 Å². The molecule has 0 amide bonds. The van der Waals surface area contributed by atoms with Gasteiger partial charge >= 0.3 is 11.9 Å². The van der Waals surface area contributed by atoms with E-state index < -0.39 is 24.4 Å². The number of hydrogen-bond donors (Lipinski definition) is 3. The Morgan fingerprint density at radius 2 is 1.79 bits per heavy atom. The molecule has 0 heterocycles. The summed E-state index contributed by atoms with van der Waals surface area (Å²) in [5.74, 6) is -1.70. The summed E-state index contributed by atoms with van der Waals surface area (Å²) in [5.41, 5.74) is 0.532. The fourth-order valence-corrected chi connectivity index (χ4v) is 1.48. The fraction of sp³-hybridized carbons (Fsp3) is 0.385. The number of carbonyl (C=O) groups is 2. The number of anilines is 1. The molecule has 0 saturated heterocycles. The number of aliphatic carboxylic acids is 2. The maximum absolute atomic E-state index is 10.9. The average molecular weight is 267 g/mol. The molecule has 0 radical (unpaired) electrons. The minimum Gasteiger partial charge on any atom is -0.491 e. The van der Waals surface area contributed by atoms with Crippen molar-refractivity contribution in [2.75, 3.05) is 5.32 Å². The van der Waals surface area contributed by atoms with Crippen molar-refractivity contribution in [3.63, 3.8) is 0 Å². The molecule has 19 heavy (non-hydrogen) atoms. The number of benzene rings is 1. The standard InChI is InChI=1S/C13H17NO5/c1-8(2)19-10-5-3-9(4-6-10)14-11(13(17)18)7-12(15)16/h3-6,8,11,14H,7H2,1-2H3,(H,15,16)(H,17,18). The second-order valence-corrected chi connectivity index (χ2v) is 4.32. The van der Waals surface area contributed by atoms with E-state index in [1.165, 1.54) is 0 Å². The van der Waals surface area contributed by atoms with Gasteiger partial charge in [0.1, 0.15) is 11.8 Å². The summed E-state index contributed by atoms with van der Waals surface area (Å²) < 4.78 is 5.45. The SMILES string of the molecule is CC(C)Oc1ccc(NC(CC(=O)O)C(=O)O)cc1. The van der Waals surface area contributed by atoms with Gasteiger partial charge in [0.05, 0.1) is 12.5 Å². The van der Waals surface area contributed by atoms with Gasteiger partial charge in [-0.25, -0.2) is 4.79 Å². The Morgan fingerprint density at radius 3 is 2.21 bits per heavy atom. The highest BCUT2D eigenvalue weighted by atomic mass is 16.5. The quantitative estimate of drug-likeness (QED) is 0.697. The molecule has 6 nitrogen and oxygen atoms in total. The minimum absolute atomic E-state index is 0.0533. The van der Waals surface area contributed by atoms with E-state index in [9.17, 15) is 9.59 Å². The van der Waals surface area contributed by atoms with Crippen molar-refractivity contribution in [3.05, 3.63) is 24.3 Å². The third-order valence-corrected chi connectivity index (χ3v) is 2.24. The number of carboxylic acids is 2. The molecule has 0 aromatic heterocycles. The molecular weight excluding hydrogens is 250 g/mol. The number of hydrogen-bond acceptors (Lipinski definition) is 4. The molecule has 1 atom stereocenters. The van der Waals surface area contributed by atoms with Crippen LogP contribution in [0, 0.1) is 0 Å². The Bertz CT molecular complexity index is 441. The predicted octanol–water partition coefficient (Wildman–Crippen LogP) is 1.81. The van der Waals surface area contributed by atoms with Crippen LogP contribution in [0.1, 0.15) is 20.3 Å². The third-order valence-electron chi connectivity index (χ3n) is 2.24. The van der Waals surface area contributed by atoms with E-state index in [0.717, 1.165) is 0 Å². The Morgan fingerprint density at radius 1 is 1.21 bits per heavy atom. The van der Waals surface area contributed by atoms with Crippen molar-refractivity contribution < 1.29 is 24.5 Å². The molecular formula is C13H17NO5. The molecule has 1 aromatic rings. The van der Waals surface area contributed by atoms with Crippen LogP contribution < -0.4 is 10.1 Å². The van der Waals surface area contributed by atoms with E-state index in [4.69, 9.17) is 14.9 Å². The Hall–Kier alpha value is -2.24. The molecule has 0 aliphatic heterocycles. The van der Waals surface area contributed by atoms with Gasteiger partial charge in [-0.1, -0.05) is 0 Å². The number of carboxylic acid groups (broad SMARTS) is 2. The highest BCUT2D eigenvalue weighted by Gasteiger charge is 2.20. The van der Waals surface area contributed by atoms with Crippen molar-refractivity contribution in [1.29, 1.82) is 0 Å². The number of ether oxygens (including phenoxy) is 1. The highest BCUT2D eigenvalue weighted by molar-refractivity contribution is 5.83. The van der Waals surface area contributed by atoms with Crippen LogP contribution in [0.5, 0.6) is 5.75 Å². The van der Waals surface area contributed by atoms with E-state index in [2.05, 4.69) is 5.32 Å². The predicted molar refractivity (Wildman–Crippen MR) is 69.5 cm³/mol. The van der Waals surface area contributed by atoms with Crippen LogP contribution in [0.15, 0.2) is 24.3 Å². The summed E-state index contributed by atoms with van der Waals surface area (Å²) in [5, 5.41) is 20.2. The zero-order chi connectivity index (χ0) is 14.4. The molecule has 104 valence electrons. The van der Waals surface area contributed by atoms with Crippen LogP contribution in [-0.2, 0) is 9.59 Å². The van der Waals surface area contributed by atoms with E-state index in [1.54, 1.807) is 24.3 Å². The van der Waals surface area contributed by atoms with Gasteiger partial charge in [0, 0.05) is 5.69 Å². The lowest BCUT2D eigenvalue weighted by molar-refractivity contribution is -0.144. The van der Waals surface area contributed by atoms with Crippen molar-refractivity contribution in [3.8, 4) is 5.75 Å². The van der Waals surface area contributed by atoms with Crippen molar-refractivity contribution in [2.45, 2.75) is 32.4 Å². The molecule has 0 aliphatic carbocycles. The highest BCUT2D eigenvalue weighted by Crippen LogP contribution is 2.18. The summed E-state index contributed by atoms with van der Waals surface area (Å²) in [7, 11) is 0.